The molecule has 36 heavy (non-hydrogen) atoms. The van der Waals surface area contributed by atoms with Crippen LogP contribution in [0.1, 0.15) is 16.7 Å². The van der Waals surface area contributed by atoms with Gasteiger partial charge in [-0.25, -0.2) is 4.79 Å². The van der Waals surface area contributed by atoms with Crippen LogP contribution in [0.15, 0.2) is 72.8 Å². The summed E-state index contributed by atoms with van der Waals surface area (Å²) in [5.74, 6) is -0.647. The molecule has 0 aliphatic carbocycles. The molecule has 0 aromatic heterocycles. The van der Waals surface area contributed by atoms with Crippen LogP contribution < -0.4 is 16.0 Å². The van der Waals surface area contributed by atoms with Crippen molar-refractivity contribution in [2.75, 3.05) is 17.7 Å². The van der Waals surface area contributed by atoms with E-state index in [9.17, 15) is 24.5 Å². The minimum Gasteiger partial charge on any atom is -0.354 e. The number of anilines is 2. The van der Waals surface area contributed by atoms with Crippen LogP contribution in [0, 0.1) is 10.1 Å². The lowest BCUT2D eigenvalue weighted by atomic mass is 9.99. The Labute approximate surface area is 205 Å². The van der Waals surface area contributed by atoms with Crippen molar-refractivity contribution >= 4 is 46.2 Å². The van der Waals surface area contributed by atoms with Gasteiger partial charge in [-0.3, -0.25) is 24.6 Å². The molecule has 3 aromatic carbocycles. The predicted molar refractivity (Wildman–Crippen MR) is 134 cm³/mol. The van der Waals surface area contributed by atoms with E-state index in [-0.39, 0.29) is 17.5 Å². The van der Waals surface area contributed by atoms with Crippen molar-refractivity contribution in [3.63, 3.8) is 0 Å². The molecule has 0 saturated carbocycles. The number of hydrogen-bond acceptors (Lipinski definition) is 6. The van der Waals surface area contributed by atoms with Crippen LogP contribution in [0.4, 0.5) is 21.9 Å². The van der Waals surface area contributed by atoms with Gasteiger partial charge in [-0.1, -0.05) is 42.5 Å². The van der Waals surface area contributed by atoms with Crippen molar-refractivity contribution in [2.24, 2.45) is 0 Å². The highest BCUT2D eigenvalue weighted by molar-refractivity contribution is 6.37. The Morgan fingerprint density at radius 3 is 2.39 bits per heavy atom. The highest BCUT2D eigenvalue weighted by Crippen LogP contribution is 2.39. The minimum absolute atomic E-state index is 0.112. The smallest absolute Gasteiger partial charge is 0.324 e. The van der Waals surface area contributed by atoms with E-state index in [1.54, 1.807) is 0 Å². The number of amides is 4. The largest absolute Gasteiger partial charge is 0.354 e. The summed E-state index contributed by atoms with van der Waals surface area (Å²) in [6.07, 6.45) is 0.348. The molecule has 180 valence electrons. The predicted octanol–water partition coefficient (Wildman–Crippen LogP) is 3.62. The van der Waals surface area contributed by atoms with Gasteiger partial charge in [0.05, 0.1) is 16.2 Å². The monoisotopic (exact) mass is 483 g/mol. The number of nitro benzene ring substituents is 1. The second kappa shape index (κ2) is 8.99. The minimum atomic E-state index is -0.613. The molecule has 2 aliphatic rings. The molecule has 1 fully saturated rings. The van der Waals surface area contributed by atoms with E-state index in [2.05, 4.69) is 16.0 Å². The lowest BCUT2D eigenvalue weighted by Gasteiger charge is -2.15. The summed E-state index contributed by atoms with van der Waals surface area (Å²) in [5.41, 5.74) is 3.88. The SMILES string of the molecule is CN1C(=O)NC(Cc2ccc(NC(=C3C(=O)Nc4ccc([N+](=O)[O-])cc43)c3ccccc3)cc2)C1=O. The normalized spacial score (nSPS) is 18.0. The Kier molecular flexibility index (Phi) is 5.69. The summed E-state index contributed by atoms with van der Waals surface area (Å²) in [4.78, 5) is 48.8. The van der Waals surface area contributed by atoms with Gasteiger partial charge in [-0.2, -0.15) is 0 Å². The fourth-order valence-electron chi connectivity index (χ4n) is 4.28. The van der Waals surface area contributed by atoms with E-state index in [1.807, 2.05) is 54.6 Å². The summed E-state index contributed by atoms with van der Waals surface area (Å²) in [7, 11) is 1.44. The zero-order valence-corrected chi connectivity index (χ0v) is 19.1. The Balaban J connectivity index is 1.49. The maximum atomic E-state index is 13.0. The first kappa shape index (κ1) is 22.8. The summed E-state index contributed by atoms with van der Waals surface area (Å²) in [6, 6.07) is 19.7. The van der Waals surface area contributed by atoms with Gasteiger partial charge in [-0.15, -0.1) is 0 Å². The summed E-state index contributed by atoms with van der Waals surface area (Å²) < 4.78 is 0. The number of nitro groups is 1. The third-order valence-electron chi connectivity index (χ3n) is 6.17. The van der Waals surface area contributed by atoms with Crippen LogP contribution in [-0.4, -0.2) is 40.8 Å². The standard InChI is InChI=1S/C26H21N5O5/c1-30-25(33)21(29-26(30)34)13-15-7-9-17(10-8-15)27-23(16-5-3-2-4-6-16)22-19-14-18(31(35)36)11-12-20(19)28-24(22)32/h2-12,14,21,27H,13H2,1H3,(H,28,32)(H,29,34). The molecule has 1 unspecified atom stereocenters. The number of rotatable bonds is 6. The third kappa shape index (κ3) is 4.16. The van der Waals surface area contributed by atoms with Gasteiger partial charge in [0, 0.05) is 42.5 Å². The Morgan fingerprint density at radius 2 is 1.75 bits per heavy atom. The number of non-ortho nitro benzene ring substituents is 1. The maximum absolute atomic E-state index is 13.0. The van der Waals surface area contributed by atoms with E-state index < -0.39 is 17.0 Å². The zero-order valence-electron chi connectivity index (χ0n) is 19.1. The quantitative estimate of drug-likeness (QED) is 0.212. The van der Waals surface area contributed by atoms with Gasteiger partial charge in [0.15, 0.2) is 0 Å². The number of nitrogens with zero attached hydrogens (tertiary/aromatic N) is 2. The molecule has 0 bridgehead atoms. The lowest BCUT2D eigenvalue weighted by molar-refractivity contribution is -0.384. The molecule has 0 spiro atoms. The van der Waals surface area contributed by atoms with Crippen molar-refractivity contribution in [3.8, 4) is 0 Å². The first-order valence-electron chi connectivity index (χ1n) is 11.2. The molecule has 5 rings (SSSR count). The molecule has 3 N–H and O–H groups in total. The summed E-state index contributed by atoms with van der Waals surface area (Å²) >= 11 is 0. The van der Waals surface area contributed by atoms with Crippen molar-refractivity contribution in [3.05, 3.63) is 99.6 Å². The van der Waals surface area contributed by atoms with E-state index in [0.717, 1.165) is 16.0 Å². The number of carbonyl (C=O) groups is 3. The van der Waals surface area contributed by atoms with Gasteiger partial charge in [0.25, 0.3) is 17.5 Å². The summed E-state index contributed by atoms with van der Waals surface area (Å²) in [6.45, 7) is 0. The van der Waals surface area contributed by atoms with Crippen molar-refractivity contribution < 1.29 is 19.3 Å². The molecule has 1 saturated heterocycles. The average molecular weight is 483 g/mol. The van der Waals surface area contributed by atoms with Gasteiger partial charge in [-0.05, 0) is 29.3 Å². The fraction of sp³-hybridized carbons (Fsp3) is 0.115. The van der Waals surface area contributed by atoms with Crippen LogP contribution in [0.5, 0.6) is 0 Å². The van der Waals surface area contributed by atoms with E-state index in [0.29, 0.717) is 34.6 Å². The molecule has 3 aromatic rings. The summed E-state index contributed by atoms with van der Waals surface area (Å²) in [5, 5.41) is 20.1. The fourth-order valence-corrected chi connectivity index (χ4v) is 4.28. The molecule has 10 heteroatoms. The van der Waals surface area contributed by atoms with Crippen LogP contribution in [-0.2, 0) is 16.0 Å². The van der Waals surface area contributed by atoms with Gasteiger partial charge >= 0.3 is 6.03 Å². The molecule has 0 radical (unpaired) electrons. The van der Waals surface area contributed by atoms with Crippen molar-refractivity contribution in [2.45, 2.75) is 12.5 Å². The number of nitrogens with one attached hydrogen (secondary N) is 3. The lowest BCUT2D eigenvalue weighted by Crippen LogP contribution is -2.31. The number of carbonyl (C=O) groups excluding carboxylic acids is 3. The first-order chi connectivity index (χ1) is 17.3. The Bertz CT molecular complexity index is 1430. The maximum Gasteiger partial charge on any atom is 0.324 e. The van der Waals surface area contributed by atoms with Crippen LogP contribution >= 0.6 is 0 Å². The molecule has 2 aliphatic heterocycles. The number of benzene rings is 3. The highest BCUT2D eigenvalue weighted by atomic mass is 16.6. The van der Waals surface area contributed by atoms with Crippen LogP contribution in [0.3, 0.4) is 0 Å². The van der Waals surface area contributed by atoms with Crippen LogP contribution in [0.2, 0.25) is 0 Å². The molecule has 4 amide bonds. The average Bonchev–Trinajstić information content (AvgIpc) is 3.33. The second-order valence-electron chi connectivity index (χ2n) is 8.48. The van der Waals surface area contributed by atoms with Gasteiger partial charge < -0.3 is 16.0 Å². The molecular weight excluding hydrogens is 462 g/mol. The molecule has 2 heterocycles. The van der Waals surface area contributed by atoms with E-state index >= 15 is 0 Å². The highest BCUT2D eigenvalue weighted by Gasteiger charge is 2.35. The number of likely N-dealkylation sites (N-methyl/N-ethyl adjacent to an activating group) is 1. The number of fused-ring (bicyclic) bond motifs is 1. The van der Waals surface area contributed by atoms with E-state index in [1.165, 1.54) is 25.2 Å². The first-order valence-corrected chi connectivity index (χ1v) is 11.2. The van der Waals surface area contributed by atoms with E-state index in [4.69, 9.17) is 0 Å². The zero-order chi connectivity index (χ0) is 25.4. The second-order valence-corrected chi connectivity index (χ2v) is 8.48. The number of hydrogen-bond donors (Lipinski definition) is 3. The van der Waals surface area contributed by atoms with Crippen molar-refractivity contribution in [1.29, 1.82) is 0 Å². The van der Waals surface area contributed by atoms with Crippen LogP contribution in [0.25, 0.3) is 11.3 Å². The Morgan fingerprint density at radius 1 is 1.03 bits per heavy atom. The molecule has 1 atom stereocenters. The number of imide groups is 1. The topological polar surface area (TPSA) is 134 Å². The third-order valence-corrected chi connectivity index (χ3v) is 6.17. The molecule has 10 nitrogen and oxygen atoms in total. The number of urea groups is 1. The Hall–Kier alpha value is -4.99. The van der Waals surface area contributed by atoms with Gasteiger partial charge in [0.2, 0.25) is 0 Å². The van der Waals surface area contributed by atoms with Gasteiger partial charge in [0.1, 0.15) is 6.04 Å². The van der Waals surface area contributed by atoms with Crippen molar-refractivity contribution in [1.82, 2.24) is 10.2 Å². The molecular formula is C26H21N5O5.